The number of benzene rings is 1. The second-order valence-electron chi connectivity index (χ2n) is 8.34. The molecule has 0 bridgehead atoms. The lowest BCUT2D eigenvalue weighted by Crippen LogP contribution is -2.50. The highest BCUT2D eigenvalue weighted by molar-refractivity contribution is 7.89. The number of fused-ring (bicyclic) bond motifs is 2. The Morgan fingerprint density at radius 3 is 2.57 bits per heavy atom. The number of morpholine rings is 1. The van der Waals surface area contributed by atoms with Crippen LogP contribution in [-0.2, 0) is 20.3 Å². The molecule has 28 heavy (non-hydrogen) atoms. The molecule has 4 rings (SSSR count). The van der Waals surface area contributed by atoms with Crippen LogP contribution in [0.3, 0.4) is 0 Å². The Morgan fingerprint density at radius 2 is 1.86 bits per heavy atom. The minimum absolute atomic E-state index is 0.00855. The molecule has 7 nitrogen and oxygen atoms in total. The molecule has 3 aliphatic rings. The van der Waals surface area contributed by atoms with Crippen molar-refractivity contribution in [2.24, 2.45) is 5.92 Å². The first-order chi connectivity index (χ1) is 13.4. The van der Waals surface area contributed by atoms with E-state index in [1.807, 2.05) is 21.9 Å². The number of hydrogen-bond acceptors (Lipinski definition) is 4. The van der Waals surface area contributed by atoms with Crippen molar-refractivity contribution in [2.75, 3.05) is 45.9 Å². The fourth-order valence-electron chi connectivity index (χ4n) is 4.60. The molecule has 1 aromatic carbocycles. The fraction of sp³-hybridized carbons (Fsp3) is 0.650. The SMILES string of the molecule is CC(C)CCN1C2(CCN(C(=O)N3CCOCC3)C2)c2ccccc2S1(=O)=O. The summed E-state index contributed by atoms with van der Waals surface area (Å²) in [4.78, 5) is 17.1. The third kappa shape index (κ3) is 3.11. The highest BCUT2D eigenvalue weighted by Crippen LogP contribution is 2.49. The van der Waals surface area contributed by atoms with Gasteiger partial charge in [-0.25, -0.2) is 13.2 Å². The van der Waals surface area contributed by atoms with Gasteiger partial charge in [0, 0.05) is 32.7 Å². The van der Waals surface area contributed by atoms with E-state index in [1.165, 1.54) is 0 Å². The summed E-state index contributed by atoms with van der Waals surface area (Å²) in [5, 5.41) is 0. The van der Waals surface area contributed by atoms with E-state index in [1.54, 1.807) is 16.4 Å². The van der Waals surface area contributed by atoms with E-state index in [9.17, 15) is 13.2 Å². The van der Waals surface area contributed by atoms with Gasteiger partial charge < -0.3 is 14.5 Å². The van der Waals surface area contributed by atoms with Gasteiger partial charge in [0.2, 0.25) is 10.0 Å². The van der Waals surface area contributed by atoms with Crippen LogP contribution in [0, 0.1) is 5.92 Å². The summed E-state index contributed by atoms with van der Waals surface area (Å²) in [5.74, 6) is 0.406. The summed E-state index contributed by atoms with van der Waals surface area (Å²) in [5.41, 5.74) is 0.197. The van der Waals surface area contributed by atoms with Crippen molar-refractivity contribution in [3.63, 3.8) is 0 Å². The third-order valence-corrected chi connectivity index (χ3v) is 8.17. The van der Waals surface area contributed by atoms with Crippen LogP contribution in [0.25, 0.3) is 0 Å². The lowest BCUT2D eigenvalue weighted by Gasteiger charge is -2.36. The topological polar surface area (TPSA) is 70.2 Å². The summed E-state index contributed by atoms with van der Waals surface area (Å²) in [6.07, 6.45) is 1.43. The van der Waals surface area contributed by atoms with Gasteiger partial charge in [-0.3, -0.25) is 0 Å². The number of carbonyl (C=O) groups is 1. The molecule has 154 valence electrons. The largest absolute Gasteiger partial charge is 0.378 e. The molecule has 1 unspecified atom stereocenters. The van der Waals surface area contributed by atoms with E-state index in [-0.39, 0.29) is 6.03 Å². The molecule has 1 atom stereocenters. The number of ether oxygens (including phenoxy) is 1. The third-order valence-electron chi connectivity index (χ3n) is 6.14. The van der Waals surface area contributed by atoms with Crippen molar-refractivity contribution in [1.29, 1.82) is 0 Å². The van der Waals surface area contributed by atoms with Gasteiger partial charge in [0.25, 0.3) is 0 Å². The summed E-state index contributed by atoms with van der Waals surface area (Å²) < 4.78 is 33.7. The molecule has 0 radical (unpaired) electrons. The number of urea groups is 1. The minimum Gasteiger partial charge on any atom is -0.378 e. The Hall–Kier alpha value is -1.64. The van der Waals surface area contributed by atoms with E-state index in [4.69, 9.17) is 4.74 Å². The zero-order valence-corrected chi connectivity index (χ0v) is 17.5. The molecule has 2 saturated heterocycles. The highest BCUT2D eigenvalue weighted by atomic mass is 32.2. The van der Waals surface area contributed by atoms with Gasteiger partial charge in [-0.2, -0.15) is 4.31 Å². The quantitative estimate of drug-likeness (QED) is 0.769. The van der Waals surface area contributed by atoms with Crippen LogP contribution in [-0.4, -0.2) is 74.5 Å². The van der Waals surface area contributed by atoms with Crippen LogP contribution in [0.1, 0.15) is 32.3 Å². The van der Waals surface area contributed by atoms with Crippen LogP contribution in [0.5, 0.6) is 0 Å². The highest BCUT2D eigenvalue weighted by Gasteiger charge is 2.57. The number of carbonyl (C=O) groups excluding carboxylic acids is 1. The van der Waals surface area contributed by atoms with E-state index in [0.29, 0.717) is 63.2 Å². The maximum absolute atomic E-state index is 13.3. The zero-order valence-electron chi connectivity index (χ0n) is 16.6. The maximum Gasteiger partial charge on any atom is 0.320 e. The molecular weight excluding hydrogens is 378 g/mol. The molecule has 8 heteroatoms. The molecule has 1 spiro atoms. The van der Waals surface area contributed by atoms with Gasteiger partial charge >= 0.3 is 6.03 Å². The first-order valence-corrected chi connectivity index (χ1v) is 11.5. The molecule has 0 aliphatic carbocycles. The molecule has 3 aliphatic heterocycles. The number of likely N-dealkylation sites (tertiary alicyclic amines) is 1. The second-order valence-corrected chi connectivity index (χ2v) is 10.2. The van der Waals surface area contributed by atoms with E-state index < -0.39 is 15.6 Å². The summed E-state index contributed by atoms with van der Waals surface area (Å²) in [6.45, 7) is 7.97. The van der Waals surface area contributed by atoms with Crippen LogP contribution < -0.4 is 0 Å². The van der Waals surface area contributed by atoms with Gasteiger partial charge in [0.1, 0.15) is 0 Å². The van der Waals surface area contributed by atoms with Gasteiger partial charge in [0.05, 0.1) is 23.6 Å². The molecule has 0 N–H and O–H groups in total. The molecule has 0 saturated carbocycles. The summed E-state index contributed by atoms with van der Waals surface area (Å²) >= 11 is 0. The van der Waals surface area contributed by atoms with Crippen LogP contribution >= 0.6 is 0 Å². The predicted octanol–water partition coefficient (Wildman–Crippen LogP) is 2.09. The number of nitrogens with zero attached hydrogens (tertiary/aromatic N) is 3. The smallest absolute Gasteiger partial charge is 0.320 e. The number of hydrogen-bond donors (Lipinski definition) is 0. The normalized spacial score (nSPS) is 27.0. The van der Waals surface area contributed by atoms with Crippen LogP contribution in [0.4, 0.5) is 4.79 Å². The first kappa shape index (κ1) is 19.7. The van der Waals surface area contributed by atoms with Gasteiger partial charge in [0.15, 0.2) is 0 Å². The Labute approximate surface area is 167 Å². The van der Waals surface area contributed by atoms with Crippen molar-refractivity contribution in [3.8, 4) is 0 Å². The lowest BCUT2D eigenvalue weighted by atomic mass is 9.88. The van der Waals surface area contributed by atoms with Crippen molar-refractivity contribution in [2.45, 2.75) is 37.1 Å². The number of sulfonamides is 1. The number of amides is 2. The van der Waals surface area contributed by atoms with Crippen molar-refractivity contribution < 1.29 is 17.9 Å². The van der Waals surface area contributed by atoms with Crippen molar-refractivity contribution in [1.82, 2.24) is 14.1 Å². The summed E-state index contributed by atoms with van der Waals surface area (Å²) in [6, 6.07) is 7.29. The van der Waals surface area contributed by atoms with Crippen molar-refractivity contribution >= 4 is 16.1 Å². The minimum atomic E-state index is -3.55. The van der Waals surface area contributed by atoms with Crippen LogP contribution in [0.15, 0.2) is 29.2 Å². The lowest BCUT2D eigenvalue weighted by molar-refractivity contribution is 0.0439. The number of rotatable bonds is 3. The molecule has 2 fully saturated rings. The van der Waals surface area contributed by atoms with Crippen molar-refractivity contribution in [3.05, 3.63) is 29.8 Å². The monoisotopic (exact) mass is 407 g/mol. The molecule has 0 aromatic heterocycles. The maximum atomic E-state index is 13.3. The Kier molecular flexibility index (Phi) is 5.14. The molecule has 2 amide bonds. The van der Waals surface area contributed by atoms with E-state index in [0.717, 1.165) is 12.0 Å². The Morgan fingerprint density at radius 1 is 1.14 bits per heavy atom. The van der Waals surface area contributed by atoms with Gasteiger partial charge in [-0.1, -0.05) is 32.0 Å². The molecular formula is C20H29N3O4S. The molecule has 3 heterocycles. The predicted molar refractivity (Wildman–Crippen MR) is 105 cm³/mol. The van der Waals surface area contributed by atoms with Crippen LogP contribution in [0.2, 0.25) is 0 Å². The van der Waals surface area contributed by atoms with E-state index >= 15 is 0 Å². The van der Waals surface area contributed by atoms with Gasteiger partial charge in [-0.15, -0.1) is 0 Å². The average molecular weight is 408 g/mol. The summed E-state index contributed by atoms with van der Waals surface area (Å²) in [7, 11) is -3.55. The van der Waals surface area contributed by atoms with Gasteiger partial charge in [-0.05, 0) is 30.4 Å². The second kappa shape index (κ2) is 7.31. The first-order valence-electron chi connectivity index (χ1n) is 10.1. The zero-order chi connectivity index (χ0) is 19.9. The Balaban J connectivity index is 1.66. The molecule has 1 aromatic rings. The fourth-order valence-corrected chi connectivity index (χ4v) is 6.68. The standard InChI is InChI=1S/C20H29N3O4S/c1-16(2)7-9-23-20(17-5-3-4-6-18(17)28(23,25)26)8-10-22(15-20)19(24)21-11-13-27-14-12-21/h3-6,16H,7-15H2,1-2H3. The Bertz CT molecular complexity index is 851. The average Bonchev–Trinajstić information content (AvgIpc) is 3.20. The van der Waals surface area contributed by atoms with E-state index in [2.05, 4.69) is 13.8 Å².